The first-order valence-corrected chi connectivity index (χ1v) is 5.04. The summed E-state index contributed by atoms with van der Waals surface area (Å²) < 4.78 is 4.96. The Hall–Kier alpha value is -2.08. The number of amides is 1. The second-order valence-electron chi connectivity index (χ2n) is 3.61. The topological polar surface area (TPSA) is 87.1 Å². The highest BCUT2D eigenvalue weighted by molar-refractivity contribution is 5.98. The summed E-state index contributed by atoms with van der Waals surface area (Å²) in [6, 6.07) is 3.83. The number of carbonyl (C=O) groups is 2. The predicted octanol–water partition coefficient (Wildman–Crippen LogP) is 0.454. The lowest BCUT2D eigenvalue weighted by Crippen LogP contribution is -2.41. The summed E-state index contributed by atoms with van der Waals surface area (Å²) in [4.78, 5) is 23.7. The van der Waals surface area contributed by atoms with Crippen LogP contribution < -0.4 is 4.90 Å². The van der Waals surface area contributed by atoms with Gasteiger partial charge in [0, 0.05) is 6.54 Å². The zero-order chi connectivity index (χ0) is 12.4. The van der Waals surface area contributed by atoms with Crippen LogP contribution in [-0.2, 0) is 9.53 Å². The Morgan fingerprint density at radius 1 is 1.41 bits per heavy atom. The van der Waals surface area contributed by atoms with Crippen molar-refractivity contribution in [3.05, 3.63) is 23.8 Å². The van der Waals surface area contributed by atoms with Gasteiger partial charge >= 0.3 is 5.97 Å². The molecule has 0 aromatic heterocycles. The van der Waals surface area contributed by atoms with Crippen LogP contribution in [0.2, 0.25) is 0 Å². The van der Waals surface area contributed by atoms with Crippen molar-refractivity contribution in [3.63, 3.8) is 0 Å². The van der Waals surface area contributed by atoms with E-state index in [4.69, 9.17) is 9.84 Å². The number of carbonyl (C=O) groups excluding carboxylic acids is 1. The summed E-state index contributed by atoms with van der Waals surface area (Å²) in [5, 5.41) is 18.5. The Kier molecular flexibility index (Phi) is 2.97. The van der Waals surface area contributed by atoms with Crippen molar-refractivity contribution in [2.45, 2.75) is 0 Å². The smallest absolute Gasteiger partial charge is 0.335 e. The lowest BCUT2D eigenvalue weighted by molar-refractivity contribution is -0.125. The molecule has 0 atom stereocenters. The van der Waals surface area contributed by atoms with Crippen molar-refractivity contribution in [1.82, 2.24) is 0 Å². The number of anilines is 1. The second-order valence-corrected chi connectivity index (χ2v) is 3.61. The first-order valence-electron chi connectivity index (χ1n) is 5.04. The minimum atomic E-state index is -1.10. The molecule has 6 heteroatoms. The lowest BCUT2D eigenvalue weighted by Gasteiger charge is -2.27. The SMILES string of the molecule is O=C(O)c1ccc(O)c(N2CCOCC2=O)c1. The number of aromatic hydroxyl groups is 1. The van der Waals surface area contributed by atoms with Crippen LogP contribution in [0, 0.1) is 0 Å². The van der Waals surface area contributed by atoms with Gasteiger partial charge in [0.2, 0.25) is 0 Å². The van der Waals surface area contributed by atoms with E-state index in [0.29, 0.717) is 13.2 Å². The Balaban J connectivity index is 2.39. The third-order valence-electron chi connectivity index (χ3n) is 2.50. The number of ether oxygens (including phenoxy) is 1. The summed E-state index contributed by atoms with van der Waals surface area (Å²) in [6.07, 6.45) is 0. The molecule has 0 aliphatic carbocycles. The van der Waals surface area contributed by atoms with E-state index in [1.54, 1.807) is 0 Å². The van der Waals surface area contributed by atoms with Crippen molar-refractivity contribution in [3.8, 4) is 5.75 Å². The number of benzene rings is 1. The number of nitrogens with zero attached hydrogens (tertiary/aromatic N) is 1. The van der Waals surface area contributed by atoms with Gasteiger partial charge in [0.25, 0.3) is 5.91 Å². The average Bonchev–Trinajstić information content (AvgIpc) is 2.30. The van der Waals surface area contributed by atoms with E-state index >= 15 is 0 Å². The Labute approximate surface area is 97.0 Å². The molecule has 0 unspecified atom stereocenters. The van der Waals surface area contributed by atoms with Crippen molar-refractivity contribution < 1.29 is 24.5 Å². The normalized spacial score (nSPS) is 16.0. The zero-order valence-corrected chi connectivity index (χ0v) is 8.92. The molecule has 2 N–H and O–H groups in total. The van der Waals surface area contributed by atoms with Crippen LogP contribution in [0.5, 0.6) is 5.75 Å². The van der Waals surface area contributed by atoms with Gasteiger partial charge < -0.3 is 19.8 Å². The standard InChI is InChI=1S/C11H11NO5/c13-9-2-1-7(11(15)16)5-8(9)12-3-4-17-6-10(12)14/h1-2,5,13H,3-4,6H2,(H,15,16). The Morgan fingerprint density at radius 3 is 2.82 bits per heavy atom. The van der Waals surface area contributed by atoms with Gasteiger partial charge in [-0.05, 0) is 18.2 Å². The summed E-state index contributed by atoms with van der Waals surface area (Å²) in [6.45, 7) is 0.606. The number of aromatic carboxylic acids is 1. The number of rotatable bonds is 2. The van der Waals surface area contributed by atoms with E-state index in [-0.39, 0.29) is 29.5 Å². The van der Waals surface area contributed by atoms with E-state index in [2.05, 4.69) is 0 Å². The molecule has 6 nitrogen and oxygen atoms in total. The molecule has 1 aromatic rings. The zero-order valence-electron chi connectivity index (χ0n) is 8.92. The summed E-state index contributed by atoms with van der Waals surface area (Å²) in [5.41, 5.74) is 0.232. The first-order chi connectivity index (χ1) is 8.09. The fraction of sp³-hybridized carbons (Fsp3) is 0.273. The number of morpholine rings is 1. The van der Waals surface area contributed by atoms with E-state index in [9.17, 15) is 14.7 Å². The van der Waals surface area contributed by atoms with E-state index in [1.165, 1.54) is 23.1 Å². The third-order valence-corrected chi connectivity index (χ3v) is 2.50. The molecule has 0 bridgehead atoms. The molecule has 1 heterocycles. The molecule has 0 radical (unpaired) electrons. The molecule has 1 amide bonds. The van der Waals surface area contributed by atoms with Gasteiger partial charge in [-0.25, -0.2) is 4.79 Å². The van der Waals surface area contributed by atoms with Gasteiger partial charge in [-0.1, -0.05) is 0 Å². The highest BCUT2D eigenvalue weighted by atomic mass is 16.5. The van der Waals surface area contributed by atoms with E-state index < -0.39 is 5.97 Å². The maximum Gasteiger partial charge on any atom is 0.335 e. The predicted molar refractivity (Wildman–Crippen MR) is 58.2 cm³/mol. The van der Waals surface area contributed by atoms with Crippen LogP contribution in [0.3, 0.4) is 0 Å². The van der Waals surface area contributed by atoms with E-state index in [0.717, 1.165) is 0 Å². The Bertz CT molecular complexity index is 471. The van der Waals surface area contributed by atoms with Crippen LogP contribution in [0.15, 0.2) is 18.2 Å². The van der Waals surface area contributed by atoms with Crippen molar-refractivity contribution in [2.24, 2.45) is 0 Å². The monoisotopic (exact) mass is 237 g/mol. The largest absolute Gasteiger partial charge is 0.506 e. The summed E-state index contributed by atoms with van der Waals surface area (Å²) in [5.74, 6) is -1.52. The van der Waals surface area contributed by atoms with Gasteiger partial charge in [-0.15, -0.1) is 0 Å². The number of phenolic OH excluding ortho intramolecular Hbond substituents is 1. The first kappa shape index (κ1) is 11.4. The number of hydrogen-bond acceptors (Lipinski definition) is 4. The van der Waals surface area contributed by atoms with Crippen molar-refractivity contribution in [2.75, 3.05) is 24.7 Å². The van der Waals surface area contributed by atoms with Gasteiger partial charge in [0.05, 0.1) is 17.9 Å². The molecular formula is C11H11NO5. The second kappa shape index (κ2) is 4.42. The van der Waals surface area contributed by atoms with Crippen LogP contribution in [0.4, 0.5) is 5.69 Å². The molecule has 0 spiro atoms. The lowest BCUT2D eigenvalue weighted by atomic mass is 10.1. The van der Waals surface area contributed by atoms with Crippen LogP contribution in [0.25, 0.3) is 0 Å². The molecule has 17 heavy (non-hydrogen) atoms. The van der Waals surface area contributed by atoms with Crippen molar-refractivity contribution >= 4 is 17.6 Å². The fourth-order valence-electron chi connectivity index (χ4n) is 1.65. The van der Waals surface area contributed by atoms with Crippen LogP contribution in [-0.4, -0.2) is 41.8 Å². The van der Waals surface area contributed by atoms with Gasteiger partial charge in [-0.2, -0.15) is 0 Å². The molecule has 90 valence electrons. The van der Waals surface area contributed by atoms with Gasteiger partial charge in [0.15, 0.2) is 0 Å². The van der Waals surface area contributed by atoms with Gasteiger partial charge in [-0.3, -0.25) is 4.79 Å². The van der Waals surface area contributed by atoms with Crippen LogP contribution in [0.1, 0.15) is 10.4 Å². The van der Waals surface area contributed by atoms with Crippen LogP contribution >= 0.6 is 0 Å². The molecule has 1 aromatic carbocycles. The molecule has 1 fully saturated rings. The number of carboxylic acids is 1. The maximum atomic E-state index is 11.6. The number of phenols is 1. The summed E-state index contributed by atoms with van der Waals surface area (Å²) >= 11 is 0. The molecule has 1 aliphatic rings. The van der Waals surface area contributed by atoms with Crippen molar-refractivity contribution in [1.29, 1.82) is 0 Å². The minimum Gasteiger partial charge on any atom is -0.506 e. The van der Waals surface area contributed by atoms with E-state index in [1.807, 2.05) is 0 Å². The highest BCUT2D eigenvalue weighted by Gasteiger charge is 2.23. The molecule has 2 rings (SSSR count). The quantitative estimate of drug-likeness (QED) is 0.780. The average molecular weight is 237 g/mol. The third kappa shape index (κ3) is 2.21. The molecular weight excluding hydrogens is 226 g/mol. The van der Waals surface area contributed by atoms with Gasteiger partial charge in [0.1, 0.15) is 12.4 Å². The molecule has 0 saturated carbocycles. The Morgan fingerprint density at radius 2 is 2.18 bits per heavy atom. The maximum absolute atomic E-state index is 11.6. The summed E-state index contributed by atoms with van der Waals surface area (Å²) in [7, 11) is 0. The minimum absolute atomic E-state index is 0.0251. The highest BCUT2D eigenvalue weighted by Crippen LogP contribution is 2.29. The molecule has 1 saturated heterocycles. The number of carboxylic acid groups (broad SMARTS) is 1. The molecule has 1 aliphatic heterocycles. The fourth-order valence-corrected chi connectivity index (χ4v) is 1.65. The number of hydrogen-bond donors (Lipinski definition) is 2.